The number of para-hydroxylation sites is 1. The van der Waals surface area contributed by atoms with Crippen LogP contribution in [0.5, 0.6) is 0 Å². The third-order valence-electron chi connectivity index (χ3n) is 6.28. The number of hydrogen-bond acceptors (Lipinski definition) is 0. The number of likely N-dealkylation sites (N-methyl/N-ethyl adjacent to an activating group) is 1. The Morgan fingerprint density at radius 3 is 2.70 bits per heavy atom. The lowest BCUT2D eigenvalue weighted by molar-refractivity contribution is -0.954. The monoisotopic (exact) mass is 303 g/mol. The molecule has 0 spiro atoms. The average Bonchev–Trinajstić information content (AvgIpc) is 2.99. The Morgan fingerprint density at radius 1 is 1.00 bits per heavy atom. The maximum atomic E-state index is 3.80. The number of hydrogen-bond donors (Lipinski definition) is 1. The molecule has 3 heterocycles. The minimum absolute atomic E-state index is 0.487. The summed E-state index contributed by atoms with van der Waals surface area (Å²) in [5.74, 6) is 0. The van der Waals surface area contributed by atoms with Crippen molar-refractivity contribution in [3.8, 4) is 0 Å². The van der Waals surface area contributed by atoms with Gasteiger partial charge < -0.3 is 9.47 Å². The molecule has 0 fully saturated rings. The van der Waals surface area contributed by atoms with E-state index in [2.05, 4.69) is 60.4 Å². The third kappa shape index (κ3) is 1.73. The summed E-state index contributed by atoms with van der Waals surface area (Å²) in [7, 11) is 0. The molecule has 2 nitrogen and oxygen atoms in total. The van der Waals surface area contributed by atoms with E-state index < -0.39 is 0 Å². The number of benzene rings is 2. The van der Waals surface area contributed by atoms with Crippen molar-refractivity contribution in [3.05, 3.63) is 70.9 Å². The number of fused-ring (bicyclic) bond motifs is 7. The first-order valence-electron chi connectivity index (χ1n) is 8.85. The Hall–Kier alpha value is -2.06. The van der Waals surface area contributed by atoms with Gasteiger partial charge in [-0.05, 0) is 24.1 Å². The van der Waals surface area contributed by atoms with Crippen LogP contribution in [0, 0.1) is 0 Å². The van der Waals surface area contributed by atoms with E-state index >= 15 is 0 Å². The lowest BCUT2D eigenvalue weighted by Gasteiger charge is -2.50. The van der Waals surface area contributed by atoms with Crippen molar-refractivity contribution < 1.29 is 4.48 Å². The molecule has 1 aromatic heterocycles. The molecule has 2 aromatic carbocycles. The SMILES string of the molecule is CC[N+]12CCc3ccccc3C1c1[nH]c3ccccc3c1CC2. The molecule has 0 saturated carbocycles. The van der Waals surface area contributed by atoms with Crippen LogP contribution in [-0.2, 0) is 12.8 Å². The second kappa shape index (κ2) is 4.72. The molecule has 3 aromatic rings. The number of nitrogens with one attached hydrogen (secondary N) is 1. The lowest BCUT2D eigenvalue weighted by Crippen LogP contribution is -2.57. The van der Waals surface area contributed by atoms with E-state index in [0.717, 1.165) is 0 Å². The Balaban J connectivity index is 1.81. The van der Waals surface area contributed by atoms with Crippen LogP contribution in [0.25, 0.3) is 10.9 Å². The summed E-state index contributed by atoms with van der Waals surface area (Å²) < 4.78 is 1.22. The number of aromatic amines is 1. The molecule has 0 aliphatic carbocycles. The van der Waals surface area contributed by atoms with Gasteiger partial charge in [-0.1, -0.05) is 42.5 Å². The van der Waals surface area contributed by atoms with Gasteiger partial charge in [0.1, 0.15) is 0 Å². The van der Waals surface area contributed by atoms with E-state index in [0.29, 0.717) is 6.04 Å². The molecule has 23 heavy (non-hydrogen) atoms. The molecule has 2 heteroatoms. The topological polar surface area (TPSA) is 15.8 Å². The molecular weight excluding hydrogens is 280 g/mol. The van der Waals surface area contributed by atoms with Crippen LogP contribution < -0.4 is 0 Å². The standard InChI is InChI=1S/C21H23N2/c1-2-23-13-11-15-7-3-4-8-16(15)21(23)20-18(12-14-23)17-9-5-6-10-19(17)22-20/h3-10,21-22H,2,11-14H2,1H3/q+1. The molecule has 1 N–H and O–H groups in total. The van der Waals surface area contributed by atoms with E-state index in [1.165, 1.54) is 53.6 Å². The highest BCUT2D eigenvalue weighted by atomic mass is 15.4. The minimum Gasteiger partial charge on any atom is -0.353 e. The first-order valence-corrected chi connectivity index (χ1v) is 8.85. The second-order valence-electron chi connectivity index (χ2n) is 7.15. The summed E-state index contributed by atoms with van der Waals surface area (Å²) in [5.41, 5.74) is 7.44. The average molecular weight is 303 g/mol. The Bertz CT molecular complexity index is 892. The predicted octanol–water partition coefficient (Wildman–Crippen LogP) is 4.21. The van der Waals surface area contributed by atoms with Gasteiger partial charge in [-0.25, -0.2) is 0 Å². The molecular formula is C21H23N2+. The molecule has 0 radical (unpaired) electrons. The van der Waals surface area contributed by atoms with Gasteiger partial charge in [-0.2, -0.15) is 0 Å². The Labute approximate surface area is 137 Å². The van der Waals surface area contributed by atoms with Crippen molar-refractivity contribution >= 4 is 10.9 Å². The zero-order valence-electron chi connectivity index (χ0n) is 13.7. The molecule has 5 rings (SSSR count). The summed E-state index contributed by atoms with van der Waals surface area (Å²) in [6, 6.07) is 18.4. The van der Waals surface area contributed by atoms with Crippen molar-refractivity contribution in [2.24, 2.45) is 0 Å². The predicted molar refractivity (Wildman–Crippen MR) is 94.5 cm³/mol. The maximum absolute atomic E-state index is 3.80. The number of quaternary nitrogens is 1. The highest BCUT2D eigenvalue weighted by molar-refractivity contribution is 5.85. The molecule has 2 aliphatic heterocycles. The Kier molecular flexibility index (Phi) is 2.75. The van der Waals surface area contributed by atoms with E-state index in [4.69, 9.17) is 0 Å². The first kappa shape index (κ1) is 13.4. The second-order valence-corrected chi connectivity index (χ2v) is 7.15. The van der Waals surface area contributed by atoms with Crippen molar-refractivity contribution in [3.63, 3.8) is 0 Å². The molecule has 2 unspecified atom stereocenters. The lowest BCUT2D eigenvalue weighted by atomic mass is 9.83. The van der Waals surface area contributed by atoms with E-state index in [-0.39, 0.29) is 0 Å². The molecule has 0 saturated heterocycles. The van der Waals surface area contributed by atoms with E-state index in [9.17, 15) is 0 Å². The molecule has 2 atom stereocenters. The number of nitrogens with zero attached hydrogens (tertiary/aromatic N) is 1. The summed E-state index contributed by atoms with van der Waals surface area (Å²) in [6.45, 7) is 6.12. The van der Waals surface area contributed by atoms with Crippen LogP contribution in [0.2, 0.25) is 0 Å². The molecule has 2 aliphatic rings. The van der Waals surface area contributed by atoms with Crippen molar-refractivity contribution in [2.45, 2.75) is 25.8 Å². The van der Waals surface area contributed by atoms with Gasteiger partial charge in [0, 0.05) is 29.3 Å². The summed E-state index contributed by atoms with van der Waals surface area (Å²) in [6.07, 6.45) is 2.42. The largest absolute Gasteiger partial charge is 0.353 e. The van der Waals surface area contributed by atoms with Crippen molar-refractivity contribution in [1.29, 1.82) is 0 Å². The van der Waals surface area contributed by atoms with E-state index in [1.54, 1.807) is 16.7 Å². The van der Waals surface area contributed by atoms with E-state index in [1.807, 2.05) is 0 Å². The van der Waals surface area contributed by atoms with Gasteiger partial charge in [-0.3, -0.25) is 0 Å². The minimum atomic E-state index is 0.487. The van der Waals surface area contributed by atoms with Gasteiger partial charge in [0.2, 0.25) is 0 Å². The summed E-state index contributed by atoms with van der Waals surface area (Å²) >= 11 is 0. The van der Waals surface area contributed by atoms with Crippen LogP contribution in [0.3, 0.4) is 0 Å². The maximum Gasteiger partial charge on any atom is 0.156 e. The highest BCUT2D eigenvalue weighted by Crippen LogP contribution is 2.46. The summed E-state index contributed by atoms with van der Waals surface area (Å²) in [4.78, 5) is 3.80. The fourth-order valence-electron chi connectivity index (χ4n) is 5.02. The fourth-order valence-corrected chi connectivity index (χ4v) is 5.02. The first-order chi connectivity index (χ1) is 11.3. The quantitative estimate of drug-likeness (QED) is 0.648. The zero-order chi connectivity index (χ0) is 15.4. The van der Waals surface area contributed by atoms with Crippen LogP contribution in [0.4, 0.5) is 0 Å². The van der Waals surface area contributed by atoms with Crippen LogP contribution in [0.1, 0.15) is 35.3 Å². The van der Waals surface area contributed by atoms with Gasteiger partial charge in [0.05, 0.1) is 25.3 Å². The normalized spacial score (nSPS) is 25.7. The molecule has 0 bridgehead atoms. The highest BCUT2D eigenvalue weighted by Gasteiger charge is 2.46. The van der Waals surface area contributed by atoms with Crippen LogP contribution in [-0.4, -0.2) is 29.1 Å². The third-order valence-corrected chi connectivity index (χ3v) is 6.28. The van der Waals surface area contributed by atoms with Crippen LogP contribution in [0.15, 0.2) is 48.5 Å². The fraction of sp³-hybridized carbons (Fsp3) is 0.333. The van der Waals surface area contributed by atoms with Gasteiger partial charge in [-0.15, -0.1) is 0 Å². The van der Waals surface area contributed by atoms with Gasteiger partial charge >= 0.3 is 0 Å². The smallest absolute Gasteiger partial charge is 0.156 e. The Morgan fingerprint density at radius 2 is 1.78 bits per heavy atom. The molecule has 0 amide bonds. The van der Waals surface area contributed by atoms with Gasteiger partial charge in [0.15, 0.2) is 6.04 Å². The summed E-state index contributed by atoms with van der Waals surface area (Å²) in [5, 5.41) is 1.43. The van der Waals surface area contributed by atoms with Gasteiger partial charge in [0.25, 0.3) is 0 Å². The zero-order valence-corrected chi connectivity index (χ0v) is 13.7. The van der Waals surface area contributed by atoms with Crippen molar-refractivity contribution in [1.82, 2.24) is 4.98 Å². The number of aromatic nitrogens is 1. The van der Waals surface area contributed by atoms with Crippen molar-refractivity contribution in [2.75, 3.05) is 19.6 Å². The number of H-pyrrole nitrogens is 1. The number of rotatable bonds is 1. The molecule has 116 valence electrons. The van der Waals surface area contributed by atoms with Crippen LogP contribution >= 0.6 is 0 Å².